The molecule has 0 aromatic heterocycles. The van der Waals surface area contributed by atoms with Crippen molar-refractivity contribution in [3.8, 4) is 0 Å². The first-order valence-electron chi connectivity index (χ1n) is 10.6. The molecule has 3 rings (SSSR count). The number of carbonyl (C=O) groups is 2. The summed E-state index contributed by atoms with van der Waals surface area (Å²) in [4.78, 5) is 31.3. The van der Waals surface area contributed by atoms with Gasteiger partial charge in [0, 0.05) is 37.8 Å². The summed E-state index contributed by atoms with van der Waals surface area (Å²) in [6.07, 6.45) is 2.03. The molecule has 0 radical (unpaired) electrons. The fraction of sp³-hybridized carbons (Fsp3) is 0.619. The highest BCUT2D eigenvalue weighted by molar-refractivity contribution is 7.78. The molecule has 9 nitrogen and oxygen atoms in total. The summed E-state index contributed by atoms with van der Waals surface area (Å²) in [5, 5.41) is 0. The molecule has 0 spiro atoms. The third-order valence-corrected chi connectivity index (χ3v) is 7.13. The van der Waals surface area contributed by atoms with E-state index in [4.69, 9.17) is 4.74 Å². The van der Waals surface area contributed by atoms with E-state index in [-0.39, 0.29) is 28.4 Å². The second-order valence-corrected chi connectivity index (χ2v) is 9.89. The lowest BCUT2D eigenvalue weighted by Crippen LogP contribution is -2.60. The van der Waals surface area contributed by atoms with Crippen molar-refractivity contribution < 1.29 is 23.1 Å². The van der Waals surface area contributed by atoms with Crippen LogP contribution in [0.2, 0.25) is 0 Å². The highest BCUT2D eigenvalue weighted by Gasteiger charge is 2.35. The van der Waals surface area contributed by atoms with E-state index in [9.17, 15) is 18.4 Å². The van der Waals surface area contributed by atoms with E-state index in [0.29, 0.717) is 37.4 Å². The first kappa shape index (κ1) is 23.6. The normalized spacial score (nSPS) is 21.2. The van der Waals surface area contributed by atoms with E-state index in [2.05, 4.69) is 4.90 Å². The van der Waals surface area contributed by atoms with Gasteiger partial charge >= 0.3 is 6.09 Å². The van der Waals surface area contributed by atoms with Gasteiger partial charge in [0.25, 0.3) is 0 Å². The molecular formula is C21H32N4O5S. The van der Waals surface area contributed by atoms with Gasteiger partial charge in [-0.3, -0.25) is 4.79 Å². The van der Waals surface area contributed by atoms with Crippen LogP contribution in [0, 0.1) is 0 Å². The Labute approximate surface area is 186 Å². The number of amides is 2. The zero-order chi connectivity index (χ0) is 22.6. The number of rotatable bonds is 6. The largest absolute Gasteiger partial charge is 0.724 e. The van der Waals surface area contributed by atoms with Crippen LogP contribution in [0.15, 0.2) is 24.3 Å². The van der Waals surface area contributed by atoms with Gasteiger partial charge in [-0.2, -0.15) is 0 Å². The maximum absolute atomic E-state index is 13.4. The lowest BCUT2D eigenvalue weighted by Gasteiger charge is -2.42. The van der Waals surface area contributed by atoms with Crippen LogP contribution in [0.1, 0.15) is 18.4 Å². The number of ether oxygens (including phenoxy) is 1. The summed E-state index contributed by atoms with van der Waals surface area (Å²) in [6.45, 7) is 4.00. The van der Waals surface area contributed by atoms with Crippen molar-refractivity contribution in [2.45, 2.75) is 25.3 Å². The van der Waals surface area contributed by atoms with Crippen molar-refractivity contribution in [3.05, 3.63) is 29.8 Å². The molecule has 2 amide bonds. The third kappa shape index (κ3) is 5.43. The number of nitrogens with zero attached hydrogens (tertiary/aromatic N) is 4. The molecule has 0 saturated carbocycles. The molecule has 2 atom stereocenters. The first-order chi connectivity index (χ1) is 14.7. The zero-order valence-electron chi connectivity index (χ0n) is 18.5. The second kappa shape index (κ2) is 10.1. The van der Waals surface area contributed by atoms with Crippen molar-refractivity contribution in [2.24, 2.45) is 0 Å². The predicted molar refractivity (Wildman–Crippen MR) is 118 cm³/mol. The van der Waals surface area contributed by atoms with Crippen LogP contribution in [0.5, 0.6) is 0 Å². The van der Waals surface area contributed by atoms with Crippen LogP contribution < -0.4 is 3.89 Å². The lowest BCUT2D eigenvalue weighted by molar-refractivity contribution is -0.135. The quantitative estimate of drug-likeness (QED) is 0.472. The van der Waals surface area contributed by atoms with E-state index in [1.54, 1.807) is 37.2 Å². The van der Waals surface area contributed by atoms with Gasteiger partial charge in [-0.05, 0) is 25.9 Å². The van der Waals surface area contributed by atoms with Gasteiger partial charge in [0.05, 0.1) is 33.7 Å². The van der Waals surface area contributed by atoms with E-state index >= 15 is 0 Å². The number of carbonyl (C=O) groups excluding carboxylic acids is 2. The predicted octanol–water partition coefficient (Wildman–Crippen LogP) is 0.965. The summed E-state index contributed by atoms with van der Waals surface area (Å²) in [7, 11) is 4.53. The summed E-state index contributed by atoms with van der Waals surface area (Å²) in [6, 6.07) is 7.02. The Morgan fingerprint density at radius 1 is 1.16 bits per heavy atom. The number of quaternary nitrogens is 1. The Morgan fingerprint density at radius 2 is 1.84 bits per heavy atom. The van der Waals surface area contributed by atoms with Crippen molar-refractivity contribution >= 4 is 29.0 Å². The fourth-order valence-electron chi connectivity index (χ4n) is 4.43. The SMILES string of the molecule is COC(=O)N1CCN(C(=O)Cc2ccccc2[N+](C)(C)S(=O)[O-])[C@H](CN2CCCC2)C1. The van der Waals surface area contributed by atoms with Crippen molar-refractivity contribution in [3.63, 3.8) is 0 Å². The molecule has 2 aliphatic heterocycles. The van der Waals surface area contributed by atoms with Crippen LogP contribution in [0.4, 0.5) is 10.5 Å². The number of piperazine rings is 1. The van der Waals surface area contributed by atoms with Gasteiger partial charge in [0.15, 0.2) is 11.3 Å². The molecule has 2 aliphatic rings. The average Bonchev–Trinajstić information content (AvgIpc) is 3.26. The molecule has 2 fully saturated rings. The Hall–Kier alpha value is -2.01. The van der Waals surface area contributed by atoms with Gasteiger partial charge in [0.2, 0.25) is 5.91 Å². The van der Waals surface area contributed by atoms with Crippen LogP contribution >= 0.6 is 0 Å². The number of hydrogen-bond donors (Lipinski definition) is 0. The zero-order valence-corrected chi connectivity index (χ0v) is 19.3. The molecule has 0 aliphatic carbocycles. The first-order valence-corrected chi connectivity index (χ1v) is 11.6. The minimum atomic E-state index is -2.38. The van der Waals surface area contributed by atoms with Crippen molar-refractivity contribution in [1.82, 2.24) is 18.6 Å². The molecule has 31 heavy (non-hydrogen) atoms. The van der Waals surface area contributed by atoms with Gasteiger partial charge in [-0.15, -0.1) is 0 Å². The number of para-hydroxylation sites is 1. The number of hydrogen-bond acceptors (Lipinski definition) is 6. The lowest BCUT2D eigenvalue weighted by atomic mass is 10.1. The molecule has 0 N–H and O–H groups in total. The molecule has 2 saturated heterocycles. The topological polar surface area (TPSA) is 93.2 Å². The summed E-state index contributed by atoms with van der Waals surface area (Å²) < 4.78 is 28.0. The highest BCUT2D eigenvalue weighted by Crippen LogP contribution is 2.27. The maximum Gasteiger partial charge on any atom is 0.409 e. The summed E-state index contributed by atoms with van der Waals surface area (Å²) in [5.74, 6) is -0.0576. The van der Waals surface area contributed by atoms with E-state index in [0.717, 1.165) is 25.9 Å². The smallest absolute Gasteiger partial charge is 0.409 e. The maximum atomic E-state index is 13.4. The number of methoxy groups -OCH3 is 1. The summed E-state index contributed by atoms with van der Waals surface area (Å²) in [5.41, 5.74) is 1.27. The molecule has 1 unspecified atom stereocenters. The van der Waals surface area contributed by atoms with E-state index in [1.807, 2.05) is 11.0 Å². The molecule has 1 aromatic carbocycles. The number of likely N-dealkylation sites (tertiary alicyclic amines) is 1. The molecule has 172 valence electrons. The van der Waals surface area contributed by atoms with E-state index in [1.165, 1.54) is 7.11 Å². The third-order valence-electron chi connectivity index (χ3n) is 6.19. The Kier molecular flexibility index (Phi) is 7.68. The highest BCUT2D eigenvalue weighted by atomic mass is 32.2. The van der Waals surface area contributed by atoms with Gasteiger partial charge < -0.3 is 24.0 Å². The second-order valence-electron chi connectivity index (χ2n) is 8.54. The molecule has 10 heteroatoms. The number of benzene rings is 1. The van der Waals surface area contributed by atoms with Crippen molar-refractivity contribution in [2.75, 3.05) is 60.5 Å². The minimum Gasteiger partial charge on any atom is -0.724 e. The Bertz CT molecular complexity index is 828. The van der Waals surface area contributed by atoms with E-state index < -0.39 is 11.3 Å². The van der Waals surface area contributed by atoms with Crippen LogP contribution in [0.25, 0.3) is 0 Å². The summed E-state index contributed by atoms with van der Waals surface area (Å²) >= 11 is -2.38. The van der Waals surface area contributed by atoms with Gasteiger partial charge in [-0.25, -0.2) is 12.9 Å². The average molecular weight is 453 g/mol. The van der Waals surface area contributed by atoms with Gasteiger partial charge in [-0.1, -0.05) is 18.2 Å². The molecule has 1 aromatic rings. The molecule has 0 bridgehead atoms. The van der Waals surface area contributed by atoms with Crippen LogP contribution in [0.3, 0.4) is 0 Å². The Morgan fingerprint density at radius 3 is 2.48 bits per heavy atom. The standard InChI is InChI=1S/C21H32N4O5S/c1-25(2,31(28)29)19-9-5-4-8-17(19)14-20(26)24-13-12-23(21(27)30-3)16-18(24)15-22-10-6-7-11-22/h4-5,8-9,18H,6-7,10-16H2,1-3H3/t18-/m1/s1. The Balaban J connectivity index is 1.79. The van der Waals surface area contributed by atoms with Crippen LogP contribution in [-0.4, -0.2) is 102 Å². The fourth-order valence-corrected chi connectivity index (χ4v) is 4.77. The van der Waals surface area contributed by atoms with Crippen molar-refractivity contribution in [1.29, 1.82) is 0 Å². The monoisotopic (exact) mass is 452 g/mol. The minimum absolute atomic E-state index is 0.0576. The van der Waals surface area contributed by atoms with Gasteiger partial charge in [0.1, 0.15) is 5.69 Å². The molecule has 2 heterocycles. The molecular weight excluding hydrogens is 420 g/mol. The van der Waals surface area contributed by atoms with Crippen LogP contribution in [-0.2, 0) is 27.2 Å².